The topological polar surface area (TPSA) is 50.5 Å². The smallest absolute Gasteiger partial charge is 0.255 e. The number of rotatable bonds is 4. The summed E-state index contributed by atoms with van der Waals surface area (Å²) in [6.45, 7) is 7.79. The lowest BCUT2D eigenvalue weighted by atomic mass is 9.86. The number of benzene rings is 1. The van der Waals surface area contributed by atoms with Gasteiger partial charge >= 0.3 is 0 Å². The third-order valence-electron chi connectivity index (χ3n) is 4.57. The molecule has 5 heteroatoms. The van der Waals surface area contributed by atoms with Gasteiger partial charge < -0.3 is 10.1 Å². The Labute approximate surface area is 139 Å². The summed E-state index contributed by atoms with van der Waals surface area (Å²) in [5.74, 6) is 1.02. The number of hydrogen-bond acceptors (Lipinski definition) is 2. The molecule has 1 aromatic rings. The third-order valence-corrected chi connectivity index (χ3v) is 6.97. The molecule has 0 aliphatic carbocycles. The van der Waals surface area contributed by atoms with E-state index >= 15 is 0 Å². The fourth-order valence-electron chi connectivity index (χ4n) is 3.31. The predicted octanol–water partition coefficient (Wildman–Crippen LogP) is 2.27. The Bertz CT molecular complexity index is 683. The summed E-state index contributed by atoms with van der Waals surface area (Å²) in [5, 5.41) is 2.82. The second kappa shape index (κ2) is 7.10. The lowest BCUT2D eigenvalue weighted by molar-refractivity contribution is -0.125. The average molecular weight is 328 g/mol. The van der Waals surface area contributed by atoms with E-state index in [0.29, 0.717) is 18.0 Å². The van der Waals surface area contributed by atoms with Crippen LogP contribution < -0.4 is 5.32 Å². The van der Waals surface area contributed by atoms with Crippen LogP contribution in [0, 0.1) is 18.4 Å². The van der Waals surface area contributed by atoms with Gasteiger partial charge in [-0.1, -0.05) is 30.3 Å². The first-order valence-electron chi connectivity index (χ1n) is 7.98. The number of Topliss-reactive ketones (excluding diaryl/α,β-unsaturated/α-hetero) is 1. The van der Waals surface area contributed by atoms with E-state index in [9.17, 15) is 9.59 Å². The number of ketones is 1. The van der Waals surface area contributed by atoms with Crippen LogP contribution in [-0.4, -0.2) is 34.7 Å². The van der Waals surface area contributed by atoms with Crippen LogP contribution >= 0.6 is 10.5 Å². The molecule has 0 bridgehead atoms. The minimum atomic E-state index is -0.389. The van der Waals surface area contributed by atoms with E-state index in [1.165, 1.54) is 0 Å². The van der Waals surface area contributed by atoms with Crippen LogP contribution in [0.5, 0.6) is 0 Å². The third kappa shape index (κ3) is 3.37. The van der Waals surface area contributed by atoms with Crippen LogP contribution in [0.2, 0.25) is 0 Å². The molecular formula is C18H20N2O2S. The number of carbonyl (C=O) groups is 2. The van der Waals surface area contributed by atoms with Crippen molar-refractivity contribution in [3.05, 3.63) is 47.3 Å². The minimum Gasteiger partial charge on any atom is -0.355 e. The van der Waals surface area contributed by atoms with Gasteiger partial charge in [0, 0.05) is 12.5 Å². The van der Waals surface area contributed by atoms with E-state index in [4.69, 9.17) is 6.57 Å². The lowest BCUT2D eigenvalue weighted by Gasteiger charge is -2.16. The van der Waals surface area contributed by atoms with E-state index in [0.717, 1.165) is 29.9 Å². The van der Waals surface area contributed by atoms with Crippen LogP contribution in [0.3, 0.4) is 0 Å². The molecule has 2 aliphatic rings. The van der Waals surface area contributed by atoms with Gasteiger partial charge in [-0.25, -0.2) is 4.85 Å². The van der Waals surface area contributed by atoms with E-state index in [1.807, 2.05) is 30.3 Å². The van der Waals surface area contributed by atoms with Gasteiger partial charge in [0.15, 0.2) is 5.78 Å². The van der Waals surface area contributed by atoms with E-state index in [-0.39, 0.29) is 34.0 Å². The van der Waals surface area contributed by atoms with E-state index in [2.05, 4.69) is 10.2 Å². The molecule has 3 rings (SSSR count). The van der Waals surface area contributed by atoms with Gasteiger partial charge in [-0.15, -0.1) is 0 Å². The molecule has 1 aromatic carbocycles. The van der Waals surface area contributed by atoms with Crippen molar-refractivity contribution in [1.29, 1.82) is 0 Å². The van der Waals surface area contributed by atoms with Gasteiger partial charge in [0.05, 0.1) is 12.5 Å². The maximum Gasteiger partial charge on any atom is 0.255 e. The average Bonchev–Trinajstić information content (AvgIpc) is 3.20. The van der Waals surface area contributed by atoms with Crippen molar-refractivity contribution >= 4 is 27.2 Å². The Morgan fingerprint density at radius 3 is 2.61 bits per heavy atom. The molecule has 1 N–H and O–H groups in total. The molecule has 0 spiro atoms. The SMILES string of the molecule is [C-]#[N+]C(C(=O)[C@H]1CNC(=O)[C@@H]1Cc1ccccc1)=S1CCCC1. The number of nitrogens with zero attached hydrogens (tertiary/aromatic N) is 1. The number of carbonyl (C=O) groups excluding carboxylic acids is 2. The molecule has 1 amide bonds. The molecule has 2 aliphatic heterocycles. The molecule has 120 valence electrons. The Morgan fingerprint density at radius 2 is 1.96 bits per heavy atom. The van der Waals surface area contributed by atoms with Gasteiger partial charge in [0.2, 0.25) is 5.91 Å². The summed E-state index contributed by atoms with van der Waals surface area (Å²) >= 11 is 0. The monoisotopic (exact) mass is 328 g/mol. The van der Waals surface area contributed by atoms with Crippen molar-refractivity contribution < 1.29 is 9.59 Å². The highest BCUT2D eigenvalue weighted by molar-refractivity contribution is 8.17. The van der Waals surface area contributed by atoms with E-state index < -0.39 is 0 Å². The Balaban J connectivity index is 1.83. The summed E-state index contributed by atoms with van der Waals surface area (Å²) < 4.78 is 0. The van der Waals surface area contributed by atoms with Crippen molar-refractivity contribution in [2.45, 2.75) is 19.3 Å². The molecular weight excluding hydrogens is 308 g/mol. The molecule has 0 aromatic heterocycles. The summed E-state index contributed by atoms with van der Waals surface area (Å²) in [6.07, 6.45) is 2.76. The highest BCUT2D eigenvalue weighted by Gasteiger charge is 2.41. The normalized spacial score (nSPS) is 24.2. The second-order valence-corrected chi connectivity index (χ2v) is 8.23. The van der Waals surface area contributed by atoms with Crippen LogP contribution in [0.25, 0.3) is 4.85 Å². The largest absolute Gasteiger partial charge is 0.355 e. The summed E-state index contributed by atoms with van der Waals surface area (Å²) in [6, 6.07) is 9.77. The molecule has 2 heterocycles. The number of nitrogens with one attached hydrogen (secondary N) is 1. The van der Waals surface area contributed by atoms with Crippen molar-refractivity contribution in [2.75, 3.05) is 18.1 Å². The molecule has 23 heavy (non-hydrogen) atoms. The van der Waals surface area contributed by atoms with Crippen LogP contribution in [0.4, 0.5) is 0 Å². The van der Waals surface area contributed by atoms with Gasteiger partial charge in [0.25, 0.3) is 4.99 Å². The highest BCUT2D eigenvalue weighted by Crippen LogP contribution is 2.31. The molecule has 2 fully saturated rings. The Kier molecular flexibility index (Phi) is 4.92. The predicted molar refractivity (Wildman–Crippen MR) is 93.3 cm³/mol. The maximum atomic E-state index is 12.9. The Hall–Kier alpha value is -1.93. The maximum absolute atomic E-state index is 12.9. The first kappa shape index (κ1) is 15.9. The van der Waals surface area contributed by atoms with Crippen LogP contribution in [-0.2, 0) is 16.0 Å². The van der Waals surface area contributed by atoms with Crippen molar-refractivity contribution in [1.82, 2.24) is 5.32 Å². The van der Waals surface area contributed by atoms with Gasteiger partial charge in [-0.2, -0.15) is 10.5 Å². The number of amides is 1. The first-order chi connectivity index (χ1) is 11.2. The summed E-state index contributed by atoms with van der Waals surface area (Å²) in [7, 11) is -0.190. The van der Waals surface area contributed by atoms with Crippen molar-refractivity contribution in [3.8, 4) is 0 Å². The lowest BCUT2D eigenvalue weighted by Crippen LogP contribution is -2.30. The van der Waals surface area contributed by atoms with Gasteiger partial charge in [-0.05, 0) is 36.3 Å². The molecule has 4 nitrogen and oxygen atoms in total. The summed E-state index contributed by atoms with van der Waals surface area (Å²) in [4.78, 5) is 29.0. The second-order valence-electron chi connectivity index (χ2n) is 6.04. The fourth-order valence-corrected chi connectivity index (χ4v) is 5.57. The minimum absolute atomic E-state index is 0.0636. The molecule has 0 saturated carbocycles. The molecule has 2 saturated heterocycles. The van der Waals surface area contributed by atoms with Gasteiger partial charge in [0.1, 0.15) is 0 Å². The van der Waals surface area contributed by atoms with Gasteiger partial charge in [-0.3, -0.25) is 4.79 Å². The standard InChI is InChI=1S/C18H20N2O2S/c1-19-18(23-9-5-6-10-23)16(21)15-12-20-17(22)14(15)11-13-7-3-2-4-8-13/h2-4,7-8,14-15H,5-6,9-12H2,(H,20,22)/t14-,15+/m1/s1. The fraction of sp³-hybridized carbons (Fsp3) is 0.444. The zero-order valence-corrected chi connectivity index (χ0v) is 13.8. The van der Waals surface area contributed by atoms with Crippen molar-refractivity contribution in [2.24, 2.45) is 11.8 Å². The first-order valence-corrected chi connectivity index (χ1v) is 9.54. The molecule has 0 radical (unpaired) electrons. The van der Waals surface area contributed by atoms with E-state index in [1.54, 1.807) is 0 Å². The highest BCUT2D eigenvalue weighted by atomic mass is 32.2. The summed E-state index contributed by atoms with van der Waals surface area (Å²) in [5.41, 5.74) is 1.06. The number of hydrogen-bond donors (Lipinski definition) is 1. The van der Waals surface area contributed by atoms with Crippen molar-refractivity contribution in [3.63, 3.8) is 0 Å². The zero-order chi connectivity index (χ0) is 16.2. The van der Waals surface area contributed by atoms with Crippen LogP contribution in [0.15, 0.2) is 30.3 Å². The molecule has 0 unspecified atom stereocenters. The molecule has 2 atom stereocenters. The zero-order valence-electron chi connectivity index (χ0n) is 13.0. The quantitative estimate of drug-likeness (QED) is 0.681. The Morgan fingerprint density at radius 1 is 1.26 bits per heavy atom. The van der Waals surface area contributed by atoms with Crippen LogP contribution in [0.1, 0.15) is 18.4 Å².